The number of rotatable bonds is 9. The minimum Gasteiger partial charge on any atom is -0.351 e. The summed E-state index contributed by atoms with van der Waals surface area (Å²) in [7, 11) is -3.97. The van der Waals surface area contributed by atoms with Crippen molar-refractivity contribution in [3.05, 3.63) is 92.4 Å². The first-order valence-corrected chi connectivity index (χ1v) is 13.6. The Morgan fingerprint density at radius 2 is 1.61 bits per heavy atom. The van der Waals surface area contributed by atoms with Crippen LogP contribution in [0.2, 0.25) is 15.1 Å². The lowest BCUT2D eigenvalue weighted by Crippen LogP contribution is -2.26. The van der Waals surface area contributed by atoms with Crippen LogP contribution in [0.5, 0.6) is 0 Å². The zero-order valence-electron chi connectivity index (χ0n) is 17.6. The molecule has 2 N–H and O–H groups in total. The van der Waals surface area contributed by atoms with E-state index in [1.54, 1.807) is 42.1 Å². The van der Waals surface area contributed by atoms with E-state index < -0.39 is 10.0 Å². The lowest BCUT2D eigenvalue weighted by molar-refractivity contribution is 0.0956. The summed E-state index contributed by atoms with van der Waals surface area (Å²) in [5.41, 5.74) is 2.66. The number of carbonyl (C=O) groups excluding carboxylic acids is 1. The van der Waals surface area contributed by atoms with E-state index in [0.29, 0.717) is 28.0 Å². The van der Waals surface area contributed by atoms with Gasteiger partial charge in [0, 0.05) is 29.3 Å². The van der Waals surface area contributed by atoms with Gasteiger partial charge in [0.2, 0.25) is 0 Å². The normalized spacial score (nSPS) is 11.3. The Morgan fingerprint density at radius 3 is 2.30 bits per heavy atom. The third-order valence-electron chi connectivity index (χ3n) is 4.57. The average Bonchev–Trinajstić information content (AvgIpc) is 2.77. The van der Waals surface area contributed by atoms with Gasteiger partial charge in [-0.3, -0.25) is 9.52 Å². The van der Waals surface area contributed by atoms with E-state index in [9.17, 15) is 13.2 Å². The number of hydrogen-bond donors (Lipinski definition) is 2. The summed E-state index contributed by atoms with van der Waals surface area (Å²) in [4.78, 5) is 12.4. The number of carbonyl (C=O) groups is 1. The number of thioether (sulfide) groups is 1. The predicted octanol–water partition coefficient (Wildman–Crippen LogP) is 6.42. The third kappa shape index (κ3) is 7.29. The van der Waals surface area contributed by atoms with Crippen LogP contribution in [-0.4, -0.2) is 26.6 Å². The van der Waals surface area contributed by atoms with Crippen LogP contribution in [-0.2, 0) is 15.8 Å². The Balaban J connectivity index is 1.58. The van der Waals surface area contributed by atoms with Crippen molar-refractivity contribution in [2.24, 2.45) is 0 Å². The van der Waals surface area contributed by atoms with E-state index in [2.05, 4.69) is 10.0 Å². The highest BCUT2D eigenvalue weighted by molar-refractivity contribution is 7.98. The second kappa shape index (κ2) is 11.5. The van der Waals surface area contributed by atoms with Crippen LogP contribution in [0.3, 0.4) is 0 Å². The summed E-state index contributed by atoms with van der Waals surface area (Å²) in [6, 6.07) is 16.5. The molecule has 10 heteroatoms. The van der Waals surface area contributed by atoms with E-state index >= 15 is 0 Å². The van der Waals surface area contributed by atoms with Crippen molar-refractivity contribution >= 4 is 68.2 Å². The van der Waals surface area contributed by atoms with Gasteiger partial charge < -0.3 is 5.32 Å². The Kier molecular flexibility index (Phi) is 8.95. The summed E-state index contributed by atoms with van der Waals surface area (Å²) in [5.74, 6) is 1.01. The highest BCUT2D eigenvalue weighted by Crippen LogP contribution is 2.26. The van der Waals surface area contributed by atoms with Crippen molar-refractivity contribution in [1.82, 2.24) is 5.32 Å². The van der Waals surface area contributed by atoms with Gasteiger partial charge in [0.05, 0.1) is 15.1 Å². The van der Waals surface area contributed by atoms with Gasteiger partial charge in [0.25, 0.3) is 15.9 Å². The van der Waals surface area contributed by atoms with Gasteiger partial charge in [0.1, 0.15) is 4.90 Å². The molecule has 0 aromatic heterocycles. The first kappa shape index (κ1) is 25.7. The van der Waals surface area contributed by atoms with Gasteiger partial charge in [-0.1, -0.05) is 58.6 Å². The van der Waals surface area contributed by atoms with E-state index in [0.717, 1.165) is 16.9 Å². The number of halogens is 3. The highest BCUT2D eigenvalue weighted by Gasteiger charge is 2.20. The summed E-state index contributed by atoms with van der Waals surface area (Å²) >= 11 is 19.7. The predicted molar refractivity (Wildman–Crippen MR) is 138 cm³/mol. The molecule has 0 aliphatic carbocycles. The number of amides is 1. The smallest absolute Gasteiger partial charge is 0.263 e. The Morgan fingerprint density at radius 1 is 0.909 bits per heavy atom. The molecule has 5 nitrogen and oxygen atoms in total. The fourth-order valence-electron chi connectivity index (χ4n) is 2.84. The minimum absolute atomic E-state index is 0.0309. The second-order valence-corrected chi connectivity index (χ2v) is 11.2. The fourth-order valence-corrected chi connectivity index (χ4v) is 5.55. The molecule has 0 radical (unpaired) electrons. The summed E-state index contributed by atoms with van der Waals surface area (Å²) < 4.78 is 28.1. The molecule has 0 bridgehead atoms. The molecule has 174 valence electrons. The number of sulfonamides is 1. The van der Waals surface area contributed by atoms with Crippen LogP contribution < -0.4 is 10.0 Å². The van der Waals surface area contributed by atoms with Crippen LogP contribution in [0.15, 0.2) is 65.6 Å². The maximum absolute atomic E-state index is 12.8. The molecule has 0 saturated carbocycles. The molecule has 0 aliphatic rings. The van der Waals surface area contributed by atoms with E-state index in [4.69, 9.17) is 34.8 Å². The van der Waals surface area contributed by atoms with Gasteiger partial charge in [-0.05, 0) is 55.0 Å². The van der Waals surface area contributed by atoms with Crippen LogP contribution in [0.4, 0.5) is 5.69 Å². The van der Waals surface area contributed by atoms with E-state index in [-0.39, 0.29) is 21.4 Å². The number of benzene rings is 3. The molecular formula is C23H21Cl3N2O3S2. The standard InChI is InChI=1S/C23H21Cl3N2O3S2/c1-15-2-6-18(7-3-15)28-33(30,31)22-13-17(5-9-20(22)25)23(29)27-10-11-32-14-16-4-8-19(24)21(26)12-16/h2-9,12-13,28H,10-11,14H2,1H3,(H,27,29). The molecule has 0 spiro atoms. The molecule has 0 saturated heterocycles. The first-order chi connectivity index (χ1) is 15.7. The van der Waals surface area contributed by atoms with Crippen LogP contribution >= 0.6 is 46.6 Å². The maximum Gasteiger partial charge on any atom is 0.263 e. The van der Waals surface area contributed by atoms with Crippen molar-refractivity contribution < 1.29 is 13.2 Å². The van der Waals surface area contributed by atoms with Crippen molar-refractivity contribution in [2.75, 3.05) is 17.0 Å². The highest BCUT2D eigenvalue weighted by atomic mass is 35.5. The van der Waals surface area contributed by atoms with Gasteiger partial charge in [-0.2, -0.15) is 11.8 Å². The lowest BCUT2D eigenvalue weighted by Gasteiger charge is -2.12. The molecule has 1 amide bonds. The average molecular weight is 544 g/mol. The Hall–Kier alpha value is -1.90. The molecule has 3 rings (SSSR count). The van der Waals surface area contributed by atoms with Crippen LogP contribution in [0, 0.1) is 6.92 Å². The second-order valence-electron chi connectivity index (χ2n) is 7.17. The van der Waals surface area contributed by atoms with Crippen molar-refractivity contribution in [3.8, 4) is 0 Å². The van der Waals surface area contributed by atoms with E-state index in [1.807, 2.05) is 19.1 Å². The van der Waals surface area contributed by atoms with Crippen molar-refractivity contribution in [1.29, 1.82) is 0 Å². The summed E-state index contributed by atoms with van der Waals surface area (Å²) in [6.45, 7) is 2.32. The largest absolute Gasteiger partial charge is 0.351 e. The first-order valence-electron chi connectivity index (χ1n) is 9.84. The van der Waals surface area contributed by atoms with Gasteiger partial charge in [-0.15, -0.1) is 0 Å². The van der Waals surface area contributed by atoms with Crippen LogP contribution in [0.1, 0.15) is 21.5 Å². The van der Waals surface area contributed by atoms with E-state index in [1.165, 1.54) is 18.2 Å². The monoisotopic (exact) mass is 542 g/mol. The third-order valence-corrected chi connectivity index (χ3v) is 8.20. The van der Waals surface area contributed by atoms with Crippen LogP contribution in [0.25, 0.3) is 0 Å². The minimum atomic E-state index is -3.97. The molecule has 3 aromatic rings. The maximum atomic E-state index is 12.8. The zero-order valence-corrected chi connectivity index (χ0v) is 21.5. The van der Waals surface area contributed by atoms with Crippen molar-refractivity contribution in [3.63, 3.8) is 0 Å². The Bertz CT molecular complexity index is 1250. The number of anilines is 1. The fraction of sp³-hybridized carbons (Fsp3) is 0.174. The molecule has 33 heavy (non-hydrogen) atoms. The SMILES string of the molecule is Cc1ccc(NS(=O)(=O)c2cc(C(=O)NCCSCc3ccc(Cl)c(Cl)c3)ccc2Cl)cc1. The molecule has 0 aliphatic heterocycles. The van der Waals surface area contributed by atoms with Gasteiger partial charge in [0.15, 0.2) is 0 Å². The summed E-state index contributed by atoms with van der Waals surface area (Å²) in [5, 5.41) is 3.84. The number of nitrogens with one attached hydrogen (secondary N) is 2. The quantitative estimate of drug-likeness (QED) is 0.305. The molecular weight excluding hydrogens is 523 g/mol. The molecule has 0 atom stereocenters. The molecule has 0 fully saturated rings. The zero-order chi connectivity index (χ0) is 24.0. The molecule has 0 unspecified atom stereocenters. The number of aryl methyl sites for hydroxylation is 1. The topological polar surface area (TPSA) is 75.3 Å². The van der Waals surface area contributed by atoms with Gasteiger partial charge in [-0.25, -0.2) is 8.42 Å². The molecule has 3 aromatic carbocycles. The lowest BCUT2D eigenvalue weighted by atomic mass is 10.2. The van der Waals surface area contributed by atoms with Crippen molar-refractivity contribution in [2.45, 2.75) is 17.6 Å². The van der Waals surface area contributed by atoms with Gasteiger partial charge >= 0.3 is 0 Å². The molecule has 0 heterocycles. The number of hydrogen-bond acceptors (Lipinski definition) is 4. The summed E-state index contributed by atoms with van der Waals surface area (Å²) in [6.07, 6.45) is 0. The Labute approximate surface area is 212 Å².